The van der Waals surface area contributed by atoms with Crippen LogP contribution in [0.15, 0.2) is 0 Å². The van der Waals surface area contributed by atoms with Crippen LogP contribution in [-0.2, 0) is 9.59 Å². The Kier molecular flexibility index (Phi) is 7.54. The molecule has 0 bridgehead atoms. The van der Waals surface area contributed by atoms with Gasteiger partial charge in [-0.2, -0.15) is 0 Å². The third-order valence-electron chi connectivity index (χ3n) is 4.01. The monoisotopic (exact) mass is 285 g/mol. The van der Waals surface area contributed by atoms with E-state index in [0.29, 0.717) is 31.6 Å². The van der Waals surface area contributed by atoms with Crippen LogP contribution in [0.4, 0.5) is 0 Å². The van der Waals surface area contributed by atoms with Crippen LogP contribution >= 0.6 is 0 Å². The van der Waals surface area contributed by atoms with Crippen LogP contribution in [0.25, 0.3) is 0 Å². The summed E-state index contributed by atoms with van der Waals surface area (Å²) in [7, 11) is 3.99. The van der Waals surface area contributed by atoms with Gasteiger partial charge < -0.3 is 15.7 Å². The molecule has 0 aromatic heterocycles. The molecule has 0 aromatic rings. The number of nitrogens with zero attached hydrogens (tertiary/aromatic N) is 1. The lowest BCUT2D eigenvalue weighted by atomic mass is 9.90. The number of carboxylic acid groups (broad SMARTS) is 1. The molecule has 1 fully saturated rings. The molecule has 3 N–H and O–H groups in total. The zero-order chi connectivity index (χ0) is 15.0. The summed E-state index contributed by atoms with van der Waals surface area (Å²) in [5.74, 6) is -0.841. The molecule has 0 spiro atoms. The molecule has 6 nitrogen and oxygen atoms in total. The summed E-state index contributed by atoms with van der Waals surface area (Å²) in [6.45, 7) is 0.827. The van der Waals surface area contributed by atoms with E-state index >= 15 is 0 Å². The highest BCUT2D eigenvalue weighted by atomic mass is 16.4. The predicted molar refractivity (Wildman–Crippen MR) is 77.6 cm³/mol. The van der Waals surface area contributed by atoms with Crippen molar-refractivity contribution in [3.8, 4) is 0 Å². The Morgan fingerprint density at radius 2 is 1.90 bits per heavy atom. The molecule has 1 aliphatic rings. The number of carbonyl (C=O) groups excluding carboxylic acids is 1. The number of amides is 1. The van der Waals surface area contributed by atoms with Crippen molar-refractivity contribution in [2.75, 3.05) is 27.2 Å². The number of likely N-dealkylation sites (N-methyl/N-ethyl adjacent to an activating group) is 1. The molecule has 0 atom stereocenters. The Morgan fingerprint density at radius 3 is 2.45 bits per heavy atom. The average molecular weight is 285 g/mol. The highest BCUT2D eigenvalue weighted by Crippen LogP contribution is 2.21. The van der Waals surface area contributed by atoms with Gasteiger partial charge in [-0.3, -0.25) is 14.5 Å². The van der Waals surface area contributed by atoms with Crippen LogP contribution in [-0.4, -0.2) is 61.2 Å². The Bertz CT molecular complexity index is 315. The summed E-state index contributed by atoms with van der Waals surface area (Å²) in [6, 6.07) is 1.09. The minimum absolute atomic E-state index is 0.0198. The van der Waals surface area contributed by atoms with E-state index in [-0.39, 0.29) is 12.3 Å². The topological polar surface area (TPSA) is 81.7 Å². The predicted octanol–water partition coefficient (Wildman–Crippen LogP) is 0.430. The maximum atomic E-state index is 11.7. The van der Waals surface area contributed by atoms with Crippen molar-refractivity contribution in [1.82, 2.24) is 15.5 Å². The summed E-state index contributed by atoms with van der Waals surface area (Å²) >= 11 is 0. The standard InChI is InChI=1S/C14H27N3O3/c1-15-11-5-7-12(8-6-11)17(2)10-13(18)16-9-3-4-14(19)20/h11-12,15H,3-10H2,1-2H3,(H,16,18)(H,19,20). The lowest BCUT2D eigenvalue weighted by molar-refractivity contribution is -0.137. The van der Waals surface area contributed by atoms with Gasteiger partial charge in [-0.25, -0.2) is 0 Å². The first-order chi connectivity index (χ1) is 9.52. The molecule has 1 amide bonds. The molecule has 1 saturated carbocycles. The minimum Gasteiger partial charge on any atom is -0.481 e. The number of carboxylic acids is 1. The fourth-order valence-corrected chi connectivity index (χ4v) is 2.68. The van der Waals surface area contributed by atoms with Crippen molar-refractivity contribution >= 4 is 11.9 Å². The molecule has 0 aliphatic heterocycles. The normalized spacial score (nSPS) is 22.8. The molecule has 116 valence electrons. The van der Waals surface area contributed by atoms with E-state index in [1.807, 2.05) is 14.1 Å². The third kappa shape index (κ3) is 6.34. The Morgan fingerprint density at radius 1 is 1.25 bits per heavy atom. The second-order valence-electron chi connectivity index (χ2n) is 5.56. The molecule has 6 heteroatoms. The van der Waals surface area contributed by atoms with Gasteiger partial charge in [0.1, 0.15) is 0 Å². The third-order valence-corrected chi connectivity index (χ3v) is 4.01. The van der Waals surface area contributed by atoms with Crippen molar-refractivity contribution in [2.45, 2.75) is 50.6 Å². The fourth-order valence-electron chi connectivity index (χ4n) is 2.68. The number of rotatable bonds is 8. The van der Waals surface area contributed by atoms with Crippen LogP contribution in [0, 0.1) is 0 Å². The first-order valence-corrected chi connectivity index (χ1v) is 7.39. The van der Waals surface area contributed by atoms with Gasteiger partial charge in [-0.15, -0.1) is 0 Å². The molecule has 20 heavy (non-hydrogen) atoms. The molecule has 0 heterocycles. The highest BCUT2D eigenvalue weighted by Gasteiger charge is 2.23. The van der Waals surface area contributed by atoms with Crippen LogP contribution < -0.4 is 10.6 Å². The van der Waals surface area contributed by atoms with E-state index in [1.54, 1.807) is 0 Å². The van der Waals surface area contributed by atoms with Crippen molar-refractivity contribution < 1.29 is 14.7 Å². The number of nitrogens with one attached hydrogen (secondary N) is 2. The van der Waals surface area contributed by atoms with E-state index in [9.17, 15) is 9.59 Å². The maximum Gasteiger partial charge on any atom is 0.303 e. The summed E-state index contributed by atoms with van der Waals surface area (Å²) in [5, 5.41) is 14.6. The quantitative estimate of drug-likeness (QED) is 0.563. The van der Waals surface area contributed by atoms with Gasteiger partial charge in [0.25, 0.3) is 0 Å². The number of carbonyl (C=O) groups is 2. The zero-order valence-electron chi connectivity index (χ0n) is 12.5. The first kappa shape index (κ1) is 16.9. The summed E-state index contributed by atoms with van der Waals surface area (Å²) < 4.78 is 0. The van der Waals surface area contributed by atoms with Crippen LogP contribution in [0.3, 0.4) is 0 Å². The van der Waals surface area contributed by atoms with Crippen LogP contribution in [0.1, 0.15) is 38.5 Å². The molecular formula is C14H27N3O3. The van der Waals surface area contributed by atoms with Gasteiger partial charge in [0.15, 0.2) is 0 Å². The second-order valence-corrected chi connectivity index (χ2v) is 5.56. The Hall–Kier alpha value is -1.14. The average Bonchev–Trinajstić information content (AvgIpc) is 2.43. The number of aliphatic carboxylic acids is 1. The van der Waals surface area contributed by atoms with Gasteiger partial charge in [-0.05, 0) is 46.2 Å². The summed E-state index contributed by atoms with van der Waals surface area (Å²) in [4.78, 5) is 24.2. The molecule has 0 unspecified atom stereocenters. The van der Waals surface area contributed by atoms with E-state index in [2.05, 4.69) is 15.5 Å². The van der Waals surface area contributed by atoms with Gasteiger partial charge in [0, 0.05) is 25.0 Å². The lowest BCUT2D eigenvalue weighted by Crippen LogP contribution is -2.44. The zero-order valence-corrected chi connectivity index (χ0v) is 12.5. The highest BCUT2D eigenvalue weighted by molar-refractivity contribution is 5.78. The second kappa shape index (κ2) is 8.92. The van der Waals surface area contributed by atoms with Gasteiger partial charge in [-0.1, -0.05) is 0 Å². The minimum atomic E-state index is -0.822. The van der Waals surface area contributed by atoms with Crippen molar-refractivity contribution in [3.05, 3.63) is 0 Å². The molecule has 0 saturated heterocycles. The van der Waals surface area contributed by atoms with Crippen LogP contribution in [0.5, 0.6) is 0 Å². The van der Waals surface area contributed by atoms with Crippen molar-refractivity contribution in [1.29, 1.82) is 0 Å². The van der Waals surface area contributed by atoms with Crippen LogP contribution in [0.2, 0.25) is 0 Å². The Labute approximate surface area is 120 Å². The van der Waals surface area contributed by atoms with Gasteiger partial charge in [0.2, 0.25) is 5.91 Å². The molecule has 0 aromatic carbocycles. The summed E-state index contributed by atoms with van der Waals surface area (Å²) in [5.41, 5.74) is 0. The largest absolute Gasteiger partial charge is 0.481 e. The molecule has 1 aliphatic carbocycles. The van der Waals surface area contributed by atoms with Gasteiger partial charge in [0.05, 0.1) is 6.54 Å². The first-order valence-electron chi connectivity index (χ1n) is 7.39. The molecule has 1 rings (SSSR count). The molecular weight excluding hydrogens is 258 g/mol. The number of hydrogen-bond donors (Lipinski definition) is 3. The van der Waals surface area contributed by atoms with E-state index in [1.165, 1.54) is 0 Å². The van der Waals surface area contributed by atoms with Crippen molar-refractivity contribution in [2.24, 2.45) is 0 Å². The van der Waals surface area contributed by atoms with E-state index in [4.69, 9.17) is 5.11 Å². The van der Waals surface area contributed by atoms with E-state index < -0.39 is 5.97 Å². The summed E-state index contributed by atoms with van der Waals surface area (Å²) in [6.07, 6.45) is 5.14. The molecule has 0 radical (unpaired) electrons. The maximum absolute atomic E-state index is 11.7. The Balaban J connectivity index is 2.16. The number of hydrogen-bond acceptors (Lipinski definition) is 4. The van der Waals surface area contributed by atoms with E-state index in [0.717, 1.165) is 25.7 Å². The SMILES string of the molecule is CNC1CCC(N(C)CC(=O)NCCCC(=O)O)CC1. The van der Waals surface area contributed by atoms with Gasteiger partial charge >= 0.3 is 5.97 Å². The fraction of sp³-hybridized carbons (Fsp3) is 0.857. The lowest BCUT2D eigenvalue weighted by Gasteiger charge is -2.34. The smallest absolute Gasteiger partial charge is 0.303 e. The van der Waals surface area contributed by atoms with Crippen molar-refractivity contribution in [3.63, 3.8) is 0 Å².